The van der Waals surface area contributed by atoms with E-state index in [-0.39, 0.29) is 6.61 Å². The zero-order valence-corrected chi connectivity index (χ0v) is 18.9. The molecule has 156 valence electrons. The minimum absolute atomic E-state index is 0.216. The average molecular weight is 464 g/mol. The Balaban J connectivity index is 1.85. The minimum Gasteiger partial charge on any atom is -0.483 e. The number of hydrogen-bond donors (Lipinski definition) is 1. The molecule has 0 unspecified atom stereocenters. The molecular formula is C22H19Cl2NO4S. The number of thiophene rings is 1. The van der Waals surface area contributed by atoms with Gasteiger partial charge in [0.05, 0.1) is 7.11 Å². The van der Waals surface area contributed by atoms with Crippen molar-refractivity contribution in [3.05, 3.63) is 68.5 Å². The van der Waals surface area contributed by atoms with Gasteiger partial charge in [0.25, 0.3) is 5.91 Å². The van der Waals surface area contributed by atoms with Crippen LogP contribution < -0.4 is 10.1 Å². The van der Waals surface area contributed by atoms with E-state index < -0.39 is 11.9 Å². The molecule has 0 saturated carbocycles. The van der Waals surface area contributed by atoms with Gasteiger partial charge in [-0.2, -0.15) is 0 Å². The van der Waals surface area contributed by atoms with E-state index in [0.717, 1.165) is 16.0 Å². The maximum absolute atomic E-state index is 12.5. The van der Waals surface area contributed by atoms with E-state index in [4.69, 9.17) is 32.7 Å². The summed E-state index contributed by atoms with van der Waals surface area (Å²) in [6, 6.07) is 12.3. The van der Waals surface area contributed by atoms with Gasteiger partial charge in [0.2, 0.25) is 0 Å². The van der Waals surface area contributed by atoms with E-state index >= 15 is 0 Å². The zero-order valence-electron chi connectivity index (χ0n) is 16.5. The van der Waals surface area contributed by atoms with Crippen LogP contribution in [0.5, 0.6) is 5.75 Å². The number of anilines is 1. The summed E-state index contributed by atoms with van der Waals surface area (Å²) in [4.78, 5) is 25.9. The third-order valence-electron chi connectivity index (χ3n) is 4.34. The lowest BCUT2D eigenvalue weighted by atomic mass is 10.0. The largest absolute Gasteiger partial charge is 0.483 e. The summed E-state index contributed by atoms with van der Waals surface area (Å²) in [7, 11) is 1.30. The van der Waals surface area contributed by atoms with E-state index in [1.54, 1.807) is 36.4 Å². The molecule has 0 aliphatic carbocycles. The third-order valence-corrected chi connectivity index (χ3v) is 5.83. The number of benzene rings is 2. The van der Waals surface area contributed by atoms with Gasteiger partial charge in [-0.15, -0.1) is 11.3 Å². The first-order valence-electron chi connectivity index (χ1n) is 8.96. The van der Waals surface area contributed by atoms with Gasteiger partial charge >= 0.3 is 5.97 Å². The van der Waals surface area contributed by atoms with E-state index in [9.17, 15) is 9.59 Å². The van der Waals surface area contributed by atoms with Crippen LogP contribution in [0.1, 0.15) is 20.8 Å². The van der Waals surface area contributed by atoms with Crippen LogP contribution in [0.3, 0.4) is 0 Å². The molecule has 0 atom stereocenters. The summed E-state index contributed by atoms with van der Waals surface area (Å²) in [6.07, 6.45) is 0. The summed E-state index contributed by atoms with van der Waals surface area (Å²) >= 11 is 13.3. The van der Waals surface area contributed by atoms with E-state index in [1.165, 1.54) is 18.4 Å². The summed E-state index contributed by atoms with van der Waals surface area (Å²) in [6.45, 7) is 3.50. The molecule has 3 aromatic rings. The van der Waals surface area contributed by atoms with Crippen LogP contribution in [0, 0.1) is 13.8 Å². The van der Waals surface area contributed by atoms with Gasteiger partial charge in [-0.05, 0) is 55.3 Å². The number of carbonyl (C=O) groups is 2. The smallest absolute Gasteiger partial charge is 0.341 e. The number of aryl methyl sites for hydroxylation is 2. The molecule has 1 aromatic heterocycles. The maximum atomic E-state index is 12.5. The molecule has 0 bridgehead atoms. The standard InChI is InChI=1S/C22H19Cl2NO4S/c1-12-9-16(24)7-8-17(12)29-11-18(26)25-21-20(22(27)28-3)19(13(2)30-21)14-5-4-6-15(23)10-14/h4-10H,11H2,1-3H3,(H,25,26). The molecule has 1 amide bonds. The van der Waals surface area contributed by atoms with Gasteiger partial charge in [-0.1, -0.05) is 35.3 Å². The second-order valence-electron chi connectivity index (χ2n) is 6.49. The van der Waals surface area contributed by atoms with Crippen molar-refractivity contribution in [1.82, 2.24) is 0 Å². The Labute approximate surface area is 188 Å². The van der Waals surface area contributed by atoms with Gasteiger partial charge in [0.15, 0.2) is 6.61 Å². The van der Waals surface area contributed by atoms with Crippen molar-refractivity contribution in [2.45, 2.75) is 13.8 Å². The molecular weight excluding hydrogens is 445 g/mol. The highest BCUT2D eigenvalue weighted by Gasteiger charge is 2.25. The van der Waals surface area contributed by atoms with Crippen LogP contribution in [0.15, 0.2) is 42.5 Å². The Bertz CT molecular complexity index is 1110. The van der Waals surface area contributed by atoms with Gasteiger partial charge < -0.3 is 14.8 Å². The van der Waals surface area contributed by atoms with Crippen molar-refractivity contribution < 1.29 is 19.1 Å². The Morgan fingerprint density at radius 1 is 1.07 bits per heavy atom. The number of carbonyl (C=O) groups excluding carboxylic acids is 2. The highest BCUT2D eigenvalue weighted by molar-refractivity contribution is 7.17. The number of ether oxygens (including phenoxy) is 2. The number of rotatable bonds is 6. The van der Waals surface area contributed by atoms with Crippen LogP contribution in [-0.2, 0) is 9.53 Å². The first kappa shape index (κ1) is 22.2. The lowest BCUT2D eigenvalue weighted by Gasteiger charge is -2.10. The summed E-state index contributed by atoms with van der Waals surface area (Å²) < 4.78 is 10.6. The lowest BCUT2D eigenvalue weighted by molar-refractivity contribution is -0.118. The van der Waals surface area contributed by atoms with Crippen molar-refractivity contribution in [3.63, 3.8) is 0 Å². The van der Waals surface area contributed by atoms with Crippen molar-refractivity contribution in [2.75, 3.05) is 19.0 Å². The number of methoxy groups -OCH3 is 1. The molecule has 1 heterocycles. The molecule has 0 spiro atoms. The highest BCUT2D eigenvalue weighted by Crippen LogP contribution is 2.41. The molecule has 3 rings (SSSR count). The summed E-state index contributed by atoms with van der Waals surface area (Å²) in [5.74, 6) is -0.378. The van der Waals surface area contributed by atoms with Crippen LogP contribution in [0.25, 0.3) is 11.1 Å². The second-order valence-corrected chi connectivity index (χ2v) is 8.58. The fourth-order valence-electron chi connectivity index (χ4n) is 3.00. The van der Waals surface area contributed by atoms with Gasteiger partial charge in [-0.3, -0.25) is 4.79 Å². The molecule has 30 heavy (non-hydrogen) atoms. The molecule has 0 saturated heterocycles. The Kier molecular flexibility index (Phi) is 7.02. The Morgan fingerprint density at radius 2 is 1.80 bits per heavy atom. The molecule has 1 N–H and O–H groups in total. The van der Waals surface area contributed by atoms with Crippen LogP contribution in [-0.4, -0.2) is 25.6 Å². The van der Waals surface area contributed by atoms with Crippen molar-refractivity contribution in [2.24, 2.45) is 0 Å². The molecule has 8 heteroatoms. The number of halogens is 2. The van der Waals surface area contributed by atoms with Crippen molar-refractivity contribution >= 4 is 51.4 Å². The first-order valence-corrected chi connectivity index (χ1v) is 10.5. The van der Waals surface area contributed by atoms with Crippen molar-refractivity contribution in [3.8, 4) is 16.9 Å². The number of esters is 1. The van der Waals surface area contributed by atoms with Crippen molar-refractivity contribution in [1.29, 1.82) is 0 Å². The Morgan fingerprint density at radius 3 is 2.47 bits per heavy atom. The summed E-state index contributed by atoms with van der Waals surface area (Å²) in [5, 5.41) is 4.31. The fraction of sp³-hybridized carbons (Fsp3) is 0.182. The molecule has 0 aliphatic rings. The molecule has 5 nitrogen and oxygen atoms in total. The van der Waals surface area contributed by atoms with E-state index in [2.05, 4.69) is 5.32 Å². The molecule has 2 aromatic carbocycles. The molecule has 0 aliphatic heterocycles. The maximum Gasteiger partial charge on any atom is 0.341 e. The first-order chi connectivity index (χ1) is 14.3. The zero-order chi connectivity index (χ0) is 21.8. The lowest BCUT2D eigenvalue weighted by Crippen LogP contribution is -2.21. The van der Waals surface area contributed by atoms with Gasteiger partial charge in [0, 0.05) is 20.5 Å². The monoisotopic (exact) mass is 463 g/mol. The third kappa shape index (κ3) is 4.95. The number of nitrogens with one attached hydrogen (secondary N) is 1. The van der Waals surface area contributed by atoms with Crippen LogP contribution in [0.2, 0.25) is 10.0 Å². The normalized spacial score (nSPS) is 10.6. The predicted octanol–water partition coefficient (Wildman–Crippen LogP) is 6.14. The van der Waals surface area contributed by atoms with Gasteiger partial charge in [-0.25, -0.2) is 4.79 Å². The SMILES string of the molecule is COC(=O)c1c(NC(=O)COc2ccc(Cl)cc2C)sc(C)c1-c1cccc(Cl)c1. The minimum atomic E-state index is -0.543. The molecule has 0 radical (unpaired) electrons. The van der Waals surface area contributed by atoms with E-state index in [0.29, 0.717) is 31.9 Å². The fourth-order valence-corrected chi connectivity index (χ4v) is 4.50. The van der Waals surface area contributed by atoms with Gasteiger partial charge in [0.1, 0.15) is 16.3 Å². The summed E-state index contributed by atoms with van der Waals surface area (Å²) in [5.41, 5.74) is 2.56. The number of hydrogen-bond acceptors (Lipinski definition) is 5. The topological polar surface area (TPSA) is 64.6 Å². The highest BCUT2D eigenvalue weighted by atomic mass is 35.5. The van der Waals surface area contributed by atoms with Crippen LogP contribution in [0.4, 0.5) is 5.00 Å². The average Bonchev–Trinajstić information content (AvgIpc) is 3.02. The molecule has 0 fully saturated rings. The van der Waals surface area contributed by atoms with E-state index in [1.807, 2.05) is 19.9 Å². The van der Waals surface area contributed by atoms with Crippen LogP contribution >= 0.6 is 34.5 Å². The second kappa shape index (κ2) is 9.51. The number of amides is 1. The Hall–Kier alpha value is -2.54. The predicted molar refractivity (Wildman–Crippen MR) is 121 cm³/mol. The quantitative estimate of drug-likeness (QED) is 0.445.